The molecule has 1 aliphatic rings. The van der Waals surface area contributed by atoms with E-state index in [0.29, 0.717) is 6.42 Å². The molecule has 0 fully saturated rings. The zero-order valence-corrected chi connectivity index (χ0v) is 12.6. The molecule has 7 heteroatoms. The minimum atomic E-state index is -1.02. The third kappa shape index (κ3) is 4.03. The van der Waals surface area contributed by atoms with Crippen molar-refractivity contribution in [2.45, 2.75) is 18.1 Å². The fourth-order valence-electron chi connectivity index (χ4n) is 1.36. The van der Waals surface area contributed by atoms with Crippen LogP contribution in [-0.2, 0) is 9.59 Å². The van der Waals surface area contributed by atoms with E-state index in [2.05, 4.69) is 11.9 Å². The van der Waals surface area contributed by atoms with Crippen LogP contribution in [-0.4, -0.2) is 42.6 Å². The average Bonchev–Trinajstić information content (AvgIpc) is 2.72. The smallest absolute Gasteiger partial charge is 0.338 e. The Labute approximate surface area is 115 Å². The van der Waals surface area contributed by atoms with E-state index in [1.54, 1.807) is 0 Å². The molecule has 0 spiro atoms. The van der Waals surface area contributed by atoms with Crippen LogP contribution in [0.4, 0.5) is 0 Å². The molecule has 0 aliphatic carbocycles. The summed E-state index contributed by atoms with van der Waals surface area (Å²) < 4.78 is 0. The summed E-state index contributed by atoms with van der Waals surface area (Å²) in [5.41, 5.74) is 1.27. The van der Waals surface area contributed by atoms with Crippen molar-refractivity contribution >= 4 is 48.7 Å². The lowest BCUT2D eigenvalue weighted by molar-refractivity contribution is -0.133. The monoisotopic (exact) mass is 300 g/mol. The highest BCUT2D eigenvalue weighted by Crippen LogP contribution is 2.45. The van der Waals surface area contributed by atoms with Gasteiger partial charge >= 0.3 is 11.9 Å². The van der Waals surface area contributed by atoms with Crippen molar-refractivity contribution in [3.63, 3.8) is 0 Å². The Morgan fingerprint density at radius 1 is 1.44 bits per heavy atom. The largest absolute Gasteiger partial charge is 0.478 e. The quantitative estimate of drug-likeness (QED) is 0.435. The predicted molar refractivity (Wildman–Crippen MR) is 77.8 cm³/mol. The van der Waals surface area contributed by atoms with Crippen LogP contribution in [0.5, 0.6) is 0 Å². The first-order valence-electron chi connectivity index (χ1n) is 5.00. The summed E-state index contributed by atoms with van der Waals surface area (Å²) in [6.45, 7) is 3.49. The first-order valence-corrected chi connectivity index (χ1v) is 7.98. The fraction of sp³-hybridized carbons (Fsp3) is 0.273. The van der Waals surface area contributed by atoms with Crippen LogP contribution < -0.4 is 0 Å². The van der Waals surface area contributed by atoms with Crippen molar-refractivity contribution < 1.29 is 19.8 Å². The van der Waals surface area contributed by atoms with Crippen LogP contribution >= 0.6 is 21.6 Å². The maximum Gasteiger partial charge on any atom is 0.338 e. The molecule has 0 aromatic rings. The topological polar surface area (TPSA) is 74.6 Å². The Balaban J connectivity index is 2.71. The van der Waals surface area contributed by atoms with Gasteiger partial charge in [0, 0.05) is 33.5 Å². The number of carboxylic acid groups (broad SMARTS) is 2. The molecule has 0 saturated carbocycles. The van der Waals surface area contributed by atoms with Gasteiger partial charge in [-0.15, -0.1) is 0 Å². The minimum absolute atomic E-state index is 0.0190. The van der Waals surface area contributed by atoms with Crippen LogP contribution in [0.1, 0.15) is 12.8 Å². The van der Waals surface area contributed by atoms with E-state index < -0.39 is 11.9 Å². The van der Waals surface area contributed by atoms with Gasteiger partial charge in [-0.2, -0.15) is 5.33 Å². The molecule has 4 nitrogen and oxygen atoms in total. The lowest BCUT2D eigenvalue weighted by Gasteiger charge is -2.13. The van der Waals surface area contributed by atoms with E-state index in [1.807, 2.05) is 5.41 Å². The maximum absolute atomic E-state index is 10.9. The van der Waals surface area contributed by atoms with Gasteiger partial charge in [-0.3, -0.25) is 0 Å². The maximum atomic E-state index is 10.9. The van der Waals surface area contributed by atoms with Gasteiger partial charge in [-0.1, -0.05) is 28.2 Å². The SMILES string of the molecule is C=C(CC1=CSSC1CC(=C=[SiH2])C(=O)O)C(=O)O. The Kier molecular flexibility index (Phi) is 5.68. The zero-order chi connectivity index (χ0) is 13.7. The molecule has 1 heterocycles. The van der Waals surface area contributed by atoms with Gasteiger partial charge in [0.25, 0.3) is 0 Å². The number of carboxylic acids is 2. The van der Waals surface area contributed by atoms with Crippen LogP contribution in [0.25, 0.3) is 0 Å². The highest BCUT2D eigenvalue weighted by Gasteiger charge is 2.25. The molecule has 0 bridgehead atoms. The Bertz CT molecular complexity index is 477. The zero-order valence-electron chi connectivity index (χ0n) is 9.51. The average molecular weight is 300 g/mol. The molecule has 18 heavy (non-hydrogen) atoms. The number of rotatable bonds is 6. The van der Waals surface area contributed by atoms with E-state index >= 15 is 0 Å². The van der Waals surface area contributed by atoms with E-state index in [0.717, 1.165) is 5.57 Å². The summed E-state index contributed by atoms with van der Waals surface area (Å²) in [4.78, 5) is 21.6. The third-order valence-corrected chi connectivity index (χ3v) is 5.32. The highest BCUT2D eigenvalue weighted by molar-refractivity contribution is 8.78. The van der Waals surface area contributed by atoms with E-state index in [9.17, 15) is 9.59 Å². The molecule has 1 rings (SSSR count). The molecule has 2 N–H and O–H groups in total. The van der Waals surface area contributed by atoms with E-state index in [4.69, 9.17) is 10.2 Å². The predicted octanol–water partition coefficient (Wildman–Crippen LogP) is 1.10. The van der Waals surface area contributed by atoms with Crippen molar-refractivity contribution in [2.24, 2.45) is 0 Å². The first-order chi connectivity index (χ1) is 8.45. The van der Waals surface area contributed by atoms with Crippen molar-refractivity contribution in [3.8, 4) is 0 Å². The normalized spacial score (nSPS) is 17.8. The number of hydrogen-bond acceptors (Lipinski definition) is 4. The van der Waals surface area contributed by atoms with Gasteiger partial charge in [0.05, 0.1) is 5.57 Å². The lowest BCUT2D eigenvalue weighted by Crippen LogP contribution is -2.12. The second-order valence-corrected chi connectivity index (χ2v) is 6.32. The van der Waals surface area contributed by atoms with E-state index in [-0.39, 0.29) is 22.8 Å². The molecule has 0 aromatic heterocycles. The van der Waals surface area contributed by atoms with Gasteiger partial charge in [0.2, 0.25) is 0 Å². The van der Waals surface area contributed by atoms with Crippen molar-refractivity contribution in [1.29, 1.82) is 0 Å². The van der Waals surface area contributed by atoms with Crippen molar-refractivity contribution in [1.82, 2.24) is 0 Å². The van der Waals surface area contributed by atoms with Crippen LogP contribution in [0.15, 0.2) is 28.7 Å². The second-order valence-electron chi connectivity index (χ2n) is 3.62. The Morgan fingerprint density at radius 2 is 2.11 bits per heavy atom. The summed E-state index contributed by atoms with van der Waals surface area (Å²) in [6, 6.07) is 0. The third-order valence-electron chi connectivity index (χ3n) is 2.37. The summed E-state index contributed by atoms with van der Waals surface area (Å²) in [5, 5.41) is 22.3. The van der Waals surface area contributed by atoms with Crippen LogP contribution in [0.2, 0.25) is 0 Å². The van der Waals surface area contributed by atoms with Gasteiger partial charge in [0.1, 0.15) is 0 Å². The summed E-state index contributed by atoms with van der Waals surface area (Å²) >= 11 is 0. The summed E-state index contributed by atoms with van der Waals surface area (Å²) in [6.07, 6.45) is 0.633. The summed E-state index contributed by atoms with van der Waals surface area (Å²) in [7, 11) is 4.40. The molecule has 1 unspecified atom stereocenters. The number of aliphatic carboxylic acids is 2. The van der Waals surface area contributed by atoms with Crippen molar-refractivity contribution in [2.75, 3.05) is 0 Å². The van der Waals surface area contributed by atoms with Gasteiger partial charge in [-0.05, 0) is 11.0 Å². The minimum Gasteiger partial charge on any atom is -0.478 e. The fourth-order valence-corrected chi connectivity index (χ4v) is 4.32. The molecule has 0 amide bonds. The van der Waals surface area contributed by atoms with Crippen molar-refractivity contribution in [3.05, 3.63) is 28.7 Å². The second kappa shape index (κ2) is 6.80. The Morgan fingerprint density at radius 3 is 2.61 bits per heavy atom. The van der Waals surface area contributed by atoms with E-state index in [1.165, 1.54) is 31.4 Å². The standard InChI is InChI=1S/C11H12O4S2Si/c1-6(10(12)13)2-7-4-16-17-9(7)3-8(5-18)11(14)15/h4,9H,1-3,18H2,(H,12,13)(H,14,15). The molecule has 96 valence electrons. The van der Waals surface area contributed by atoms with Gasteiger partial charge in [0.15, 0.2) is 0 Å². The highest BCUT2D eigenvalue weighted by atomic mass is 33.1. The van der Waals surface area contributed by atoms with Crippen LogP contribution in [0.3, 0.4) is 0 Å². The molecular weight excluding hydrogens is 288 g/mol. The molecule has 0 aromatic carbocycles. The van der Waals surface area contributed by atoms with Gasteiger partial charge < -0.3 is 10.2 Å². The number of hydrogen-bond donors (Lipinski definition) is 2. The summed E-state index contributed by atoms with van der Waals surface area (Å²) in [5.74, 6) is -1.99. The van der Waals surface area contributed by atoms with Crippen LogP contribution in [0, 0.1) is 0 Å². The lowest BCUT2D eigenvalue weighted by atomic mass is 10.0. The number of carbonyl (C=O) groups is 2. The molecule has 1 atom stereocenters. The Hall–Kier alpha value is -1.01. The molecular formula is C11H12O4S2Si. The molecule has 1 aliphatic heterocycles. The molecule has 0 radical (unpaired) electrons. The van der Waals surface area contributed by atoms with Gasteiger partial charge in [-0.25, -0.2) is 9.59 Å². The first kappa shape index (κ1) is 15.0. The molecule has 0 saturated heterocycles.